The quantitative estimate of drug-likeness (QED) is 0.846. The number of hydrogen-bond donors (Lipinski definition) is 1. The zero-order valence-corrected chi connectivity index (χ0v) is 9.65. The Morgan fingerprint density at radius 3 is 2.56 bits per heavy atom. The molecule has 2 aromatic rings. The molecule has 2 N–H and O–H groups in total. The fourth-order valence-electron chi connectivity index (χ4n) is 1.60. The highest BCUT2D eigenvalue weighted by atomic mass is 19.1. The first kappa shape index (κ1) is 12.4. The van der Waals surface area contributed by atoms with Crippen molar-refractivity contribution in [2.24, 2.45) is 12.8 Å². The van der Waals surface area contributed by atoms with Crippen molar-refractivity contribution in [3.05, 3.63) is 46.1 Å². The Morgan fingerprint density at radius 1 is 1.39 bits per heavy atom. The lowest BCUT2D eigenvalue weighted by Crippen LogP contribution is -2.22. The van der Waals surface area contributed by atoms with E-state index in [2.05, 4.69) is 5.10 Å². The molecule has 0 unspecified atom stereocenters. The summed E-state index contributed by atoms with van der Waals surface area (Å²) in [7, 11) is 1.53. The van der Waals surface area contributed by atoms with Gasteiger partial charge in [-0.1, -0.05) is 0 Å². The van der Waals surface area contributed by atoms with E-state index in [1.54, 1.807) is 0 Å². The smallest absolute Gasteiger partial charge is 0.330 e. The Morgan fingerprint density at radius 2 is 2.00 bits per heavy atom. The number of rotatable bonds is 3. The van der Waals surface area contributed by atoms with Gasteiger partial charge in [-0.05, 0) is 6.54 Å². The van der Waals surface area contributed by atoms with Crippen molar-refractivity contribution in [1.29, 1.82) is 0 Å². The number of nitrogens with zero attached hydrogens (tertiary/aromatic N) is 3. The Hall–Kier alpha value is -2.02. The van der Waals surface area contributed by atoms with Crippen LogP contribution in [0.5, 0.6) is 0 Å². The standard InChI is InChI=1S/C11H11F2N4O/c1-16-10(2-3-14)15-17(11(16)18)9-5-7(12)4-8(13)6-9/h5-6H,2-3,14H2,1H3. The van der Waals surface area contributed by atoms with Gasteiger partial charge in [-0.25, -0.2) is 13.6 Å². The van der Waals surface area contributed by atoms with E-state index in [0.29, 0.717) is 18.8 Å². The molecule has 1 heterocycles. The average molecular weight is 253 g/mol. The van der Waals surface area contributed by atoms with Gasteiger partial charge in [0.2, 0.25) is 0 Å². The van der Waals surface area contributed by atoms with Crippen molar-refractivity contribution in [2.45, 2.75) is 6.42 Å². The molecule has 0 bridgehead atoms. The molecule has 0 saturated carbocycles. The van der Waals surface area contributed by atoms with Crippen molar-refractivity contribution in [3.8, 4) is 5.69 Å². The monoisotopic (exact) mass is 253 g/mol. The lowest BCUT2D eigenvalue weighted by atomic mass is 10.3. The van der Waals surface area contributed by atoms with Crippen LogP contribution in [-0.2, 0) is 13.5 Å². The van der Waals surface area contributed by atoms with E-state index in [4.69, 9.17) is 5.73 Å². The van der Waals surface area contributed by atoms with Gasteiger partial charge in [0.05, 0.1) is 11.8 Å². The van der Waals surface area contributed by atoms with Crippen molar-refractivity contribution in [1.82, 2.24) is 14.3 Å². The minimum Gasteiger partial charge on any atom is -0.330 e. The van der Waals surface area contributed by atoms with Crippen LogP contribution >= 0.6 is 0 Å². The van der Waals surface area contributed by atoms with Crippen LogP contribution in [-0.4, -0.2) is 20.9 Å². The first-order valence-electron chi connectivity index (χ1n) is 5.26. The van der Waals surface area contributed by atoms with Crippen molar-refractivity contribution in [2.75, 3.05) is 6.54 Å². The van der Waals surface area contributed by atoms with Crippen LogP contribution in [0.3, 0.4) is 0 Å². The van der Waals surface area contributed by atoms with Crippen LogP contribution in [0, 0.1) is 17.7 Å². The molecule has 0 amide bonds. The minimum atomic E-state index is -0.886. The van der Waals surface area contributed by atoms with Crippen LogP contribution in [0.15, 0.2) is 16.9 Å². The maximum absolute atomic E-state index is 13.0. The summed E-state index contributed by atoms with van der Waals surface area (Å²) in [5.74, 6) is -1.32. The van der Waals surface area contributed by atoms with E-state index >= 15 is 0 Å². The second kappa shape index (κ2) is 4.69. The van der Waals surface area contributed by atoms with E-state index < -0.39 is 17.3 Å². The minimum absolute atomic E-state index is 0.0209. The van der Waals surface area contributed by atoms with Gasteiger partial charge < -0.3 is 5.73 Å². The van der Waals surface area contributed by atoms with Crippen LogP contribution in [0.2, 0.25) is 0 Å². The SMILES string of the molecule is Cn1c(CCN)nn(-c2cc(F)[c]c(F)c2)c1=O. The largest absolute Gasteiger partial charge is 0.350 e. The second-order valence-corrected chi connectivity index (χ2v) is 3.74. The molecular formula is C11H11F2N4O. The number of nitrogens with two attached hydrogens (primary N) is 1. The normalized spacial score (nSPS) is 10.9. The number of aromatic nitrogens is 3. The molecular weight excluding hydrogens is 242 g/mol. The summed E-state index contributed by atoms with van der Waals surface area (Å²) < 4.78 is 28.3. The van der Waals surface area contributed by atoms with Crippen LogP contribution in [0.25, 0.3) is 5.69 Å². The van der Waals surface area contributed by atoms with E-state index in [1.807, 2.05) is 6.07 Å². The highest BCUT2D eigenvalue weighted by molar-refractivity contribution is 5.31. The first-order chi connectivity index (χ1) is 8.52. The molecule has 0 atom stereocenters. The maximum Gasteiger partial charge on any atom is 0.350 e. The van der Waals surface area contributed by atoms with Gasteiger partial charge in [0, 0.05) is 25.6 Å². The Labute approximate surface area is 101 Å². The van der Waals surface area contributed by atoms with Crippen molar-refractivity contribution >= 4 is 0 Å². The predicted molar refractivity (Wildman–Crippen MR) is 60.3 cm³/mol. The zero-order chi connectivity index (χ0) is 13.3. The first-order valence-corrected chi connectivity index (χ1v) is 5.26. The fourth-order valence-corrected chi connectivity index (χ4v) is 1.60. The summed E-state index contributed by atoms with van der Waals surface area (Å²) in [5.41, 5.74) is 4.92. The molecule has 1 aromatic carbocycles. The maximum atomic E-state index is 13.0. The predicted octanol–water partition coefficient (Wildman–Crippen LogP) is 0.151. The second-order valence-electron chi connectivity index (χ2n) is 3.74. The fraction of sp³-hybridized carbons (Fsp3) is 0.273. The number of hydrogen-bond acceptors (Lipinski definition) is 3. The Kier molecular flexibility index (Phi) is 3.24. The highest BCUT2D eigenvalue weighted by Crippen LogP contribution is 2.10. The Balaban J connectivity index is 2.57. The summed E-state index contributed by atoms with van der Waals surface area (Å²) >= 11 is 0. The molecule has 0 aliphatic carbocycles. The van der Waals surface area contributed by atoms with Gasteiger partial charge in [-0.2, -0.15) is 4.68 Å². The lowest BCUT2D eigenvalue weighted by molar-refractivity contribution is 0.575. The summed E-state index contributed by atoms with van der Waals surface area (Å²) in [5, 5.41) is 3.99. The molecule has 0 spiro atoms. The molecule has 0 saturated heterocycles. The molecule has 0 fully saturated rings. The van der Waals surface area contributed by atoms with Crippen molar-refractivity contribution < 1.29 is 8.78 Å². The topological polar surface area (TPSA) is 65.8 Å². The molecule has 5 nitrogen and oxygen atoms in total. The van der Waals surface area contributed by atoms with Gasteiger partial charge in [0.25, 0.3) is 0 Å². The molecule has 18 heavy (non-hydrogen) atoms. The Bertz CT molecular complexity index is 612. The van der Waals surface area contributed by atoms with E-state index in [0.717, 1.165) is 16.8 Å². The average Bonchev–Trinajstić information content (AvgIpc) is 2.57. The summed E-state index contributed by atoms with van der Waals surface area (Å²) in [6, 6.07) is 3.82. The van der Waals surface area contributed by atoms with E-state index in [-0.39, 0.29) is 5.69 Å². The number of benzene rings is 1. The summed E-state index contributed by atoms with van der Waals surface area (Å²) in [6.07, 6.45) is 0.405. The lowest BCUT2D eigenvalue weighted by Gasteiger charge is -1.99. The van der Waals surface area contributed by atoms with Crippen LogP contribution in [0.1, 0.15) is 5.82 Å². The third-order valence-electron chi connectivity index (χ3n) is 2.47. The van der Waals surface area contributed by atoms with E-state index in [1.165, 1.54) is 11.6 Å². The zero-order valence-electron chi connectivity index (χ0n) is 9.65. The van der Waals surface area contributed by atoms with Gasteiger partial charge in [-0.15, -0.1) is 5.10 Å². The van der Waals surface area contributed by atoms with Gasteiger partial charge in [0.15, 0.2) is 0 Å². The molecule has 2 rings (SSSR count). The van der Waals surface area contributed by atoms with Gasteiger partial charge in [-0.3, -0.25) is 4.57 Å². The van der Waals surface area contributed by atoms with Crippen LogP contribution in [0.4, 0.5) is 8.78 Å². The molecule has 95 valence electrons. The van der Waals surface area contributed by atoms with E-state index in [9.17, 15) is 13.6 Å². The summed E-state index contributed by atoms with van der Waals surface area (Å²) in [4.78, 5) is 11.9. The third kappa shape index (κ3) is 2.17. The highest BCUT2D eigenvalue weighted by Gasteiger charge is 2.12. The molecule has 7 heteroatoms. The third-order valence-corrected chi connectivity index (χ3v) is 2.47. The molecule has 1 radical (unpaired) electrons. The molecule has 1 aromatic heterocycles. The van der Waals surface area contributed by atoms with Crippen LogP contribution < -0.4 is 11.4 Å². The number of halogens is 2. The molecule has 0 aliphatic rings. The summed E-state index contributed by atoms with van der Waals surface area (Å²) in [6.45, 7) is 0.329. The van der Waals surface area contributed by atoms with Gasteiger partial charge >= 0.3 is 5.69 Å². The van der Waals surface area contributed by atoms with Crippen molar-refractivity contribution in [3.63, 3.8) is 0 Å². The van der Waals surface area contributed by atoms with Gasteiger partial charge in [0.1, 0.15) is 17.5 Å². The molecule has 0 aliphatic heterocycles.